The normalized spacial score (nSPS) is 10.2. The van der Waals surface area contributed by atoms with E-state index in [2.05, 4.69) is 4.98 Å². The van der Waals surface area contributed by atoms with Crippen LogP contribution in [0, 0.1) is 11.3 Å². The fraction of sp³-hybridized carbons (Fsp3) is 0.400. The molecule has 0 atom stereocenters. The number of aromatic nitrogens is 1. The van der Waals surface area contributed by atoms with Crippen molar-refractivity contribution in [1.29, 1.82) is 5.26 Å². The number of hydrogen-bond acceptors (Lipinski definition) is 3. The van der Waals surface area contributed by atoms with Gasteiger partial charge in [0.2, 0.25) is 0 Å². The number of nitrogens with zero attached hydrogens (tertiary/aromatic N) is 2. The van der Waals surface area contributed by atoms with E-state index in [1.165, 1.54) is 13.2 Å². The van der Waals surface area contributed by atoms with Crippen LogP contribution < -0.4 is 4.74 Å². The molecule has 0 saturated carbocycles. The van der Waals surface area contributed by atoms with E-state index < -0.39 is 12.1 Å². The van der Waals surface area contributed by atoms with Crippen LogP contribution in [0.15, 0.2) is 6.07 Å². The van der Waals surface area contributed by atoms with E-state index in [4.69, 9.17) is 21.6 Å². The van der Waals surface area contributed by atoms with Gasteiger partial charge in [0.05, 0.1) is 31.2 Å². The zero-order valence-electron chi connectivity index (χ0n) is 8.51. The first kappa shape index (κ1) is 12.7. The van der Waals surface area contributed by atoms with Crippen molar-refractivity contribution >= 4 is 11.6 Å². The van der Waals surface area contributed by atoms with Crippen molar-refractivity contribution in [3.63, 3.8) is 0 Å². The van der Waals surface area contributed by atoms with Crippen LogP contribution in [0.3, 0.4) is 0 Å². The second-order valence-corrected chi connectivity index (χ2v) is 3.22. The molecule has 1 aromatic heterocycles. The largest absolute Gasteiger partial charge is 0.495 e. The Bertz CT molecular complexity index is 418. The fourth-order valence-electron chi connectivity index (χ4n) is 1.28. The Hall–Kier alpha value is -1.41. The van der Waals surface area contributed by atoms with Gasteiger partial charge < -0.3 is 4.74 Å². The summed E-state index contributed by atoms with van der Waals surface area (Å²) in [6, 6.07) is 3.19. The standard InChI is InChI=1S/C10H9ClF2N2O/c1-16-8-4-6(2-3-14)9(10(12)13)15-7(8)5-11/h4,10H,2,5H2,1H3. The van der Waals surface area contributed by atoms with Gasteiger partial charge in [-0.2, -0.15) is 5.26 Å². The molecule has 0 aromatic carbocycles. The zero-order chi connectivity index (χ0) is 12.1. The van der Waals surface area contributed by atoms with Crippen molar-refractivity contribution in [3.8, 4) is 11.8 Å². The van der Waals surface area contributed by atoms with Crippen LogP contribution in [0.4, 0.5) is 8.78 Å². The summed E-state index contributed by atoms with van der Waals surface area (Å²) in [6.45, 7) is 0. The van der Waals surface area contributed by atoms with Gasteiger partial charge in [-0.1, -0.05) is 0 Å². The highest BCUT2D eigenvalue weighted by Crippen LogP contribution is 2.28. The Morgan fingerprint density at radius 1 is 1.62 bits per heavy atom. The lowest BCUT2D eigenvalue weighted by atomic mass is 10.1. The summed E-state index contributed by atoms with van der Waals surface area (Å²) in [5.41, 5.74) is 0.0161. The van der Waals surface area contributed by atoms with Crippen LogP contribution in [0.2, 0.25) is 0 Å². The summed E-state index contributed by atoms with van der Waals surface area (Å²) in [4.78, 5) is 3.72. The maximum Gasteiger partial charge on any atom is 0.280 e. The maximum atomic E-state index is 12.6. The molecular formula is C10H9ClF2N2O. The van der Waals surface area contributed by atoms with Gasteiger partial charge in [0, 0.05) is 0 Å². The minimum absolute atomic E-state index is 0.0181. The molecule has 0 fully saturated rings. The quantitative estimate of drug-likeness (QED) is 0.768. The molecule has 1 heterocycles. The van der Waals surface area contributed by atoms with Gasteiger partial charge in [-0.25, -0.2) is 13.8 Å². The van der Waals surface area contributed by atoms with Crippen LogP contribution in [0.25, 0.3) is 0 Å². The van der Waals surface area contributed by atoms with Crippen molar-refractivity contribution in [2.24, 2.45) is 0 Å². The number of methoxy groups -OCH3 is 1. The molecule has 16 heavy (non-hydrogen) atoms. The minimum atomic E-state index is -2.73. The Morgan fingerprint density at radius 3 is 2.75 bits per heavy atom. The lowest BCUT2D eigenvalue weighted by molar-refractivity contribution is 0.144. The first-order chi connectivity index (χ1) is 7.63. The van der Waals surface area contributed by atoms with Gasteiger partial charge in [0.1, 0.15) is 11.4 Å². The number of ether oxygens (including phenoxy) is 1. The molecule has 0 unspecified atom stereocenters. The molecule has 1 rings (SSSR count). The summed E-state index contributed by atoms with van der Waals surface area (Å²) in [5.74, 6) is 0.306. The Labute approximate surface area is 96.6 Å². The molecule has 0 N–H and O–H groups in total. The Morgan fingerprint density at radius 2 is 2.31 bits per heavy atom. The average molecular weight is 247 g/mol. The molecule has 86 valence electrons. The number of alkyl halides is 3. The number of nitriles is 1. The molecule has 6 heteroatoms. The van der Waals surface area contributed by atoms with Crippen LogP contribution in [-0.4, -0.2) is 12.1 Å². The van der Waals surface area contributed by atoms with E-state index in [9.17, 15) is 8.78 Å². The highest BCUT2D eigenvalue weighted by molar-refractivity contribution is 6.17. The highest BCUT2D eigenvalue weighted by Gasteiger charge is 2.18. The Kier molecular flexibility index (Phi) is 4.44. The van der Waals surface area contributed by atoms with Crippen molar-refractivity contribution < 1.29 is 13.5 Å². The van der Waals surface area contributed by atoms with Gasteiger partial charge in [0.15, 0.2) is 0 Å². The molecule has 0 saturated heterocycles. The molecule has 0 spiro atoms. The van der Waals surface area contributed by atoms with E-state index in [-0.39, 0.29) is 23.6 Å². The Balaban J connectivity index is 3.30. The van der Waals surface area contributed by atoms with E-state index in [0.717, 1.165) is 0 Å². The average Bonchev–Trinajstić information content (AvgIpc) is 2.28. The van der Waals surface area contributed by atoms with Gasteiger partial charge in [-0.05, 0) is 11.6 Å². The molecule has 0 aliphatic carbocycles. The zero-order valence-corrected chi connectivity index (χ0v) is 9.26. The second-order valence-electron chi connectivity index (χ2n) is 2.95. The van der Waals surface area contributed by atoms with Gasteiger partial charge in [-0.3, -0.25) is 0 Å². The van der Waals surface area contributed by atoms with Gasteiger partial charge >= 0.3 is 0 Å². The molecule has 0 aliphatic rings. The van der Waals surface area contributed by atoms with Crippen LogP contribution >= 0.6 is 11.6 Å². The predicted octanol–water partition coefficient (Wildman–Crippen LogP) is 2.83. The third-order valence-corrected chi connectivity index (χ3v) is 2.25. The molecule has 0 bridgehead atoms. The van der Waals surface area contributed by atoms with Crippen LogP contribution in [-0.2, 0) is 12.3 Å². The predicted molar refractivity (Wildman–Crippen MR) is 54.6 cm³/mol. The van der Waals surface area contributed by atoms with Crippen molar-refractivity contribution in [2.75, 3.05) is 7.11 Å². The highest BCUT2D eigenvalue weighted by atomic mass is 35.5. The first-order valence-electron chi connectivity index (χ1n) is 4.41. The molecule has 0 amide bonds. The van der Waals surface area contributed by atoms with E-state index >= 15 is 0 Å². The van der Waals surface area contributed by atoms with Crippen molar-refractivity contribution in [1.82, 2.24) is 4.98 Å². The number of hydrogen-bond donors (Lipinski definition) is 0. The van der Waals surface area contributed by atoms with E-state index in [1.54, 1.807) is 6.07 Å². The van der Waals surface area contributed by atoms with Crippen LogP contribution in [0.5, 0.6) is 5.75 Å². The van der Waals surface area contributed by atoms with Crippen molar-refractivity contribution in [3.05, 3.63) is 23.0 Å². The van der Waals surface area contributed by atoms with Gasteiger partial charge in [-0.15, -0.1) is 11.6 Å². The molecule has 1 aromatic rings. The summed E-state index contributed by atoms with van der Waals surface area (Å²) in [7, 11) is 1.39. The van der Waals surface area contributed by atoms with Crippen molar-refractivity contribution in [2.45, 2.75) is 18.7 Å². The van der Waals surface area contributed by atoms with E-state index in [1.807, 2.05) is 0 Å². The van der Waals surface area contributed by atoms with Crippen LogP contribution in [0.1, 0.15) is 23.4 Å². The maximum absolute atomic E-state index is 12.6. The molecule has 0 aliphatic heterocycles. The third-order valence-electron chi connectivity index (χ3n) is 2.00. The SMILES string of the molecule is COc1cc(CC#N)c(C(F)F)nc1CCl. The summed E-state index contributed by atoms with van der Waals surface area (Å²) >= 11 is 5.56. The fourth-order valence-corrected chi connectivity index (χ4v) is 1.47. The second kappa shape index (κ2) is 5.61. The first-order valence-corrected chi connectivity index (χ1v) is 4.95. The van der Waals surface area contributed by atoms with Gasteiger partial charge in [0.25, 0.3) is 6.43 Å². The summed E-state index contributed by atoms with van der Waals surface area (Å²) in [6.07, 6.45) is -2.86. The molecule has 3 nitrogen and oxygen atoms in total. The summed E-state index contributed by atoms with van der Waals surface area (Å²) in [5, 5.41) is 8.53. The number of rotatable bonds is 4. The number of pyridine rings is 1. The molecule has 0 radical (unpaired) electrons. The summed E-state index contributed by atoms with van der Waals surface area (Å²) < 4.78 is 30.3. The lowest BCUT2D eigenvalue weighted by Crippen LogP contribution is -2.03. The number of halogens is 3. The lowest BCUT2D eigenvalue weighted by Gasteiger charge is -2.11. The minimum Gasteiger partial charge on any atom is -0.495 e. The smallest absolute Gasteiger partial charge is 0.280 e. The monoisotopic (exact) mass is 246 g/mol. The van der Waals surface area contributed by atoms with E-state index in [0.29, 0.717) is 5.75 Å². The third kappa shape index (κ3) is 2.58. The topological polar surface area (TPSA) is 45.9 Å². The molecular weight excluding hydrogens is 238 g/mol.